The van der Waals surface area contributed by atoms with Gasteiger partial charge in [-0.1, -0.05) is 56.1 Å². The number of methoxy groups -OCH3 is 1. The number of hydrogen-bond donors (Lipinski definition) is 0. The van der Waals surface area contributed by atoms with E-state index in [0.29, 0.717) is 5.56 Å². The highest BCUT2D eigenvalue weighted by atomic mass is 79.9. The molecule has 2 nitrogen and oxygen atoms in total. The minimum absolute atomic E-state index is 0.00417. The lowest BCUT2D eigenvalue weighted by molar-refractivity contribution is 0.0601. The van der Waals surface area contributed by atoms with Gasteiger partial charge in [0, 0.05) is 0 Å². The van der Waals surface area contributed by atoms with Crippen LogP contribution in [0.2, 0.25) is 0 Å². The van der Waals surface area contributed by atoms with Crippen molar-refractivity contribution >= 4 is 48.6 Å². The van der Waals surface area contributed by atoms with Crippen LogP contribution in [0.15, 0.2) is 36.4 Å². The normalized spacial score (nSPS) is 10.8. The van der Waals surface area contributed by atoms with E-state index in [1.807, 2.05) is 36.4 Å². The monoisotopic (exact) mass is 356 g/mol. The molecule has 0 spiro atoms. The Balaban J connectivity index is 2.71. The fourth-order valence-electron chi connectivity index (χ4n) is 1.76. The van der Waals surface area contributed by atoms with Gasteiger partial charge in [-0.2, -0.15) is 0 Å². The van der Waals surface area contributed by atoms with Crippen molar-refractivity contribution in [2.24, 2.45) is 0 Å². The summed E-state index contributed by atoms with van der Waals surface area (Å²) in [7, 11) is 1.39. The van der Waals surface area contributed by atoms with Crippen molar-refractivity contribution in [2.45, 2.75) is 3.74 Å². The van der Waals surface area contributed by atoms with Gasteiger partial charge in [0.25, 0.3) is 0 Å². The van der Waals surface area contributed by atoms with Gasteiger partial charge in [-0.15, -0.1) is 0 Å². The molecular weight excluding hydrogens is 348 g/mol. The van der Waals surface area contributed by atoms with Crippen LogP contribution in [-0.4, -0.2) is 13.1 Å². The molecule has 0 fully saturated rings. The maximum Gasteiger partial charge on any atom is 0.337 e. The van der Waals surface area contributed by atoms with E-state index in [9.17, 15) is 4.79 Å². The van der Waals surface area contributed by atoms with Crippen LogP contribution in [0.4, 0.5) is 0 Å². The molecule has 0 heterocycles. The van der Waals surface area contributed by atoms with E-state index in [2.05, 4.69) is 31.9 Å². The van der Waals surface area contributed by atoms with Gasteiger partial charge in [0.15, 0.2) is 0 Å². The Bertz CT molecular complexity index is 564. The summed E-state index contributed by atoms with van der Waals surface area (Å²) in [5.41, 5.74) is 1.58. The molecule has 0 aliphatic carbocycles. The molecule has 2 rings (SSSR count). The van der Waals surface area contributed by atoms with Gasteiger partial charge < -0.3 is 4.74 Å². The maximum absolute atomic E-state index is 11.6. The van der Waals surface area contributed by atoms with Crippen LogP contribution in [0.25, 0.3) is 10.8 Å². The number of ether oxygens (including phenoxy) is 1. The topological polar surface area (TPSA) is 26.3 Å². The Kier molecular flexibility index (Phi) is 3.84. The zero-order valence-corrected chi connectivity index (χ0v) is 12.3. The van der Waals surface area contributed by atoms with Gasteiger partial charge in [-0.25, -0.2) is 4.79 Å². The Morgan fingerprint density at radius 1 is 1.24 bits per heavy atom. The van der Waals surface area contributed by atoms with Gasteiger partial charge in [-0.05, 0) is 28.5 Å². The van der Waals surface area contributed by atoms with E-state index >= 15 is 0 Å². The summed E-state index contributed by atoms with van der Waals surface area (Å²) >= 11 is 6.95. The predicted molar refractivity (Wildman–Crippen MR) is 75.9 cm³/mol. The van der Waals surface area contributed by atoms with E-state index in [1.54, 1.807) is 0 Å². The van der Waals surface area contributed by atoms with E-state index in [1.165, 1.54) is 7.11 Å². The van der Waals surface area contributed by atoms with Gasteiger partial charge in [0.05, 0.1) is 16.4 Å². The molecule has 0 saturated carbocycles. The average molecular weight is 358 g/mol. The maximum atomic E-state index is 11.6. The van der Waals surface area contributed by atoms with E-state index in [4.69, 9.17) is 4.74 Å². The smallest absolute Gasteiger partial charge is 0.337 e. The number of fused-ring (bicyclic) bond motifs is 1. The SMILES string of the molecule is COC(=O)c1cc(C(Br)Br)c2ccccc2c1. The molecule has 0 N–H and O–H groups in total. The fourth-order valence-corrected chi connectivity index (χ4v) is 2.51. The van der Waals surface area contributed by atoms with Crippen LogP contribution in [0.5, 0.6) is 0 Å². The Hall–Kier alpha value is -0.870. The second kappa shape index (κ2) is 5.19. The molecule has 0 saturated heterocycles. The first-order valence-corrected chi connectivity index (χ1v) is 6.86. The summed E-state index contributed by atoms with van der Waals surface area (Å²) in [6, 6.07) is 11.6. The quantitative estimate of drug-likeness (QED) is 0.587. The highest BCUT2D eigenvalue weighted by molar-refractivity contribution is 9.24. The van der Waals surface area contributed by atoms with Crippen LogP contribution in [-0.2, 0) is 4.74 Å². The minimum Gasteiger partial charge on any atom is -0.465 e. The molecule has 17 heavy (non-hydrogen) atoms. The second-order valence-corrected chi connectivity index (χ2v) is 6.64. The summed E-state index contributed by atoms with van der Waals surface area (Å²) < 4.78 is 4.75. The second-order valence-electron chi connectivity index (χ2n) is 3.58. The molecule has 0 radical (unpaired) electrons. The molecule has 4 heteroatoms. The molecule has 2 aromatic rings. The number of alkyl halides is 2. The lowest BCUT2D eigenvalue weighted by Crippen LogP contribution is -2.02. The first kappa shape index (κ1) is 12.6. The molecule has 0 aliphatic rings. The molecule has 0 bridgehead atoms. The molecule has 88 valence electrons. The van der Waals surface area contributed by atoms with Crippen LogP contribution in [0.1, 0.15) is 19.7 Å². The number of carbonyl (C=O) groups is 1. The van der Waals surface area contributed by atoms with Gasteiger partial charge in [0.1, 0.15) is 0 Å². The van der Waals surface area contributed by atoms with Crippen molar-refractivity contribution in [3.05, 3.63) is 47.5 Å². The number of hydrogen-bond acceptors (Lipinski definition) is 2. The number of rotatable bonds is 2. The lowest BCUT2D eigenvalue weighted by Gasteiger charge is -2.10. The standard InChI is InChI=1S/C13H10Br2O2/c1-17-13(16)9-6-8-4-2-3-5-10(8)11(7-9)12(14)15/h2-7,12H,1H3. The van der Waals surface area contributed by atoms with E-state index in [0.717, 1.165) is 16.3 Å². The molecule has 0 unspecified atom stereocenters. The number of benzene rings is 2. The summed E-state index contributed by atoms with van der Waals surface area (Å²) in [4.78, 5) is 11.6. The van der Waals surface area contributed by atoms with Crippen molar-refractivity contribution in [1.29, 1.82) is 0 Å². The van der Waals surface area contributed by atoms with Crippen molar-refractivity contribution in [1.82, 2.24) is 0 Å². The number of halogens is 2. The Morgan fingerprint density at radius 3 is 2.59 bits per heavy atom. The molecule has 0 amide bonds. The minimum atomic E-state index is -0.322. The zero-order chi connectivity index (χ0) is 12.4. The average Bonchev–Trinajstić information content (AvgIpc) is 2.36. The summed E-state index contributed by atoms with van der Waals surface area (Å²) in [6.45, 7) is 0. The Labute approximate surface area is 116 Å². The highest BCUT2D eigenvalue weighted by Crippen LogP contribution is 2.35. The first-order valence-electron chi connectivity index (χ1n) is 5.02. The van der Waals surface area contributed by atoms with Gasteiger partial charge in [0.2, 0.25) is 0 Å². The third-order valence-electron chi connectivity index (χ3n) is 2.55. The van der Waals surface area contributed by atoms with Crippen molar-refractivity contribution in [2.75, 3.05) is 7.11 Å². The van der Waals surface area contributed by atoms with Crippen molar-refractivity contribution in [3.8, 4) is 0 Å². The largest absolute Gasteiger partial charge is 0.465 e. The van der Waals surface area contributed by atoms with Crippen LogP contribution in [0, 0.1) is 0 Å². The van der Waals surface area contributed by atoms with Crippen LogP contribution < -0.4 is 0 Å². The molecule has 0 aromatic heterocycles. The third kappa shape index (κ3) is 2.53. The van der Waals surface area contributed by atoms with E-state index < -0.39 is 0 Å². The van der Waals surface area contributed by atoms with Crippen LogP contribution >= 0.6 is 31.9 Å². The first-order chi connectivity index (χ1) is 8.13. The molecule has 0 aliphatic heterocycles. The zero-order valence-electron chi connectivity index (χ0n) is 9.11. The number of carbonyl (C=O) groups excluding carboxylic acids is 1. The molecule has 2 aromatic carbocycles. The third-order valence-corrected chi connectivity index (χ3v) is 3.54. The molecule has 0 atom stereocenters. The number of esters is 1. The summed E-state index contributed by atoms with van der Waals surface area (Å²) in [6.07, 6.45) is 0. The van der Waals surface area contributed by atoms with Gasteiger partial charge in [-0.3, -0.25) is 0 Å². The van der Waals surface area contributed by atoms with Crippen LogP contribution in [0.3, 0.4) is 0 Å². The summed E-state index contributed by atoms with van der Waals surface area (Å²) in [5, 5.41) is 2.13. The van der Waals surface area contributed by atoms with Crippen molar-refractivity contribution < 1.29 is 9.53 Å². The van der Waals surface area contributed by atoms with Crippen molar-refractivity contribution in [3.63, 3.8) is 0 Å². The lowest BCUT2D eigenvalue weighted by atomic mass is 10.0. The summed E-state index contributed by atoms with van der Waals surface area (Å²) in [5.74, 6) is -0.322. The fraction of sp³-hybridized carbons (Fsp3) is 0.154. The predicted octanol–water partition coefficient (Wildman–Crippen LogP) is 4.41. The molecular formula is C13H10Br2O2. The van der Waals surface area contributed by atoms with Gasteiger partial charge >= 0.3 is 5.97 Å². The van der Waals surface area contributed by atoms with E-state index in [-0.39, 0.29) is 9.71 Å². The highest BCUT2D eigenvalue weighted by Gasteiger charge is 2.13. The Morgan fingerprint density at radius 2 is 1.94 bits per heavy atom.